The van der Waals surface area contributed by atoms with E-state index in [1.165, 1.54) is 6.33 Å². The summed E-state index contributed by atoms with van der Waals surface area (Å²) >= 11 is 0. The molecule has 1 aromatic carbocycles. The summed E-state index contributed by atoms with van der Waals surface area (Å²) in [5.74, 6) is 1.000. The summed E-state index contributed by atoms with van der Waals surface area (Å²) in [5, 5.41) is 5.76. The van der Waals surface area contributed by atoms with Gasteiger partial charge in [0.2, 0.25) is 0 Å². The molecule has 108 valence electrons. The molecule has 1 heterocycles. The molecular formula is C15H16N4O2. The molecule has 1 aromatic heterocycles. The van der Waals surface area contributed by atoms with E-state index < -0.39 is 0 Å². The molecule has 0 bridgehead atoms. The average molecular weight is 284 g/mol. The van der Waals surface area contributed by atoms with Crippen molar-refractivity contribution in [2.24, 2.45) is 0 Å². The van der Waals surface area contributed by atoms with E-state index in [9.17, 15) is 4.79 Å². The predicted octanol–water partition coefficient (Wildman–Crippen LogP) is 2.34. The Bertz CT molecular complexity index is 626. The molecule has 0 spiro atoms. The summed E-state index contributed by atoms with van der Waals surface area (Å²) in [7, 11) is 1.59. The molecule has 6 nitrogen and oxygen atoms in total. The number of rotatable bonds is 6. The summed E-state index contributed by atoms with van der Waals surface area (Å²) in [4.78, 5) is 20.1. The molecule has 1 amide bonds. The predicted molar refractivity (Wildman–Crippen MR) is 81.7 cm³/mol. The average Bonchev–Trinajstić information content (AvgIpc) is 2.54. The number of hydrogen-bond donors (Lipinski definition) is 2. The smallest absolute Gasteiger partial charge is 0.274 e. The first-order valence-corrected chi connectivity index (χ1v) is 6.35. The van der Waals surface area contributed by atoms with E-state index >= 15 is 0 Å². The van der Waals surface area contributed by atoms with Crippen molar-refractivity contribution in [3.05, 3.63) is 55.0 Å². The number of carbonyl (C=O) groups is 1. The highest BCUT2D eigenvalue weighted by molar-refractivity contribution is 6.03. The maximum atomic E-state index is 12.1. The molecule has 2 aromatic rings. The fourth-order valence-corrected chi connectivity index (χ4v) is 1.62. The number of methoxy groups -OCH3 is 1. The lowest BCUT2D eigenvalue weighted by Gasteiger charge is -2.07. The van der Waals surface area contributed by atoms with Gasteiger partial charge in [0.25, 0.3) is 5.91 Å². The summed E-state index contributed by atoms with van der Waals surface area (Å²) in [5.41, 5.74) is 0.951. The zero-order valence-corrected chi connectivity index (χ0v) is 11.7. The number of anilines is 2. The highest BCUT2D eigenvalue weighted by Crippen LogP contribution is 2.15. The zero-order valence-electron chi connectivity index (χ0n) is 11.7. The topological polar surface area (TPSA) is 76.1 Å². The van der Waals surface area contributed by atoms with E-state index in [-0.39, 0.29) is 11.6 Å². The van der Waals surface area contributed by atoms with Crippen LogP contribution in [-0.2, 0) is 0 Å². The van der Waals surface area contributed by atoms with Crippen LogP contribution < -0.4 is 15.4 Å². The Hall–Kier alpha value is -2.89. The molecule has 21 heavy (non-hydrogen) atoms. The van der Waals surface area contributed by atoms with Gasteiger partial charge in [-0.25, -0.2) is 9.97 Å². The second-order valence-corrected chi connectivity index (χ2v) is 4.14. The minimum atomic E-state index is -0.302. The fraction of sp³-hybridized carbons (Fsp3) is 0.133. The van der Waals surface area contributed by atoms with Gasteiger partial charge >= 0.3 is 0 Å². The highest BCUT2D eigenvalue weighted by Gasteiger charge is 2.09. The van der Waals surface area contributed by atoms with Crippen molar-refractivity contribution < 1.29 is 9.53 Å². The first kappa shape index (κ1) is 14.5. The number of hydrogen-bond acceptors (Lipinski definition) is 5. The van der Waals surface area contributed by atoms with Crippen LogP contribution in [0.15, 0.2) is 49.3 Å². The van der Waals surface area contributed by atoms with Gasteiger partial charge in [-0.1, -0.05) is 6.08 Å². The van der Waals surface area contributed by atoms with E-state index in [1.54, 1.807) is 43.5 Å². The maximum absolute atomic E-state index is 12.1. The van der Waals surface area contributed by atoms with Crippen molar-refractivity contribution in [3.8, 4) is 5.75 Å². The lowest BCUT2D eigenvalue weighted by molar-refractivity contribution is 0.102. The van der Waals surface area contributed by atoms with Crippen molar-refractivity contribution in [3.63, 3.8) is 0 Å². The van der Waals surface area contributed by atoms with E-state index in [0.717, 1.165) is 5.75 Å². The summed E-state index contributed by atoms with van der Waals surface area (Å²) in [6.45, 7) is 4.17. The third-order valence-corrected chi connectivity index (χ3v) is 2.68. The van der Waals surface area contributed by atoms with Crippen LogP contribution in [0.2, 0.25) is 0 Å². The Kier molecular flexibility index (Phi) is 4.87. The second-order valence-electron chi connectivity index (χ2n) is 4.14. The molecule has 0 saturated heterocycles. The Morgan fingerprint density at radius 2 is 2.10 bits per heavy atom. The fourth-order valence-electron chi connectivity index (χ4n) is 1.62. The number of amides is 1. The number of nitrogens with one attached hydrogen (secondary N) is 2. The zero-order chi connectivity index (χ0) is 15.1. The van der Waals surface area contributed by atoms with Gasteiger partial charge < -0.3 is 15.4 Å². The van der Waals surface area contributed by atoms with Crippen LogP contribution in [0.4, 0.5) is 11.5 Å². The number of benzene rings is 1. The Balaban J connectivity index is 2.06. The monoisotopic (exact) mass is 284 g/mol. The van der Waals surface area contributed by atoms with Crippen LogP contribution in [0.3, 0.4) is 0 Å². The standard InChI is InChI=1S/C15H16N4O2/c1-3-8-16-14-9-13(17-10-18-14)15(20)19-11-4-6-12(21-2)7-5-11/h3-7,9-10H,1,8H2,2H3,(H,19,20)(H,16,17,18). The lowest BCUT2D eigenvalue weighted by atomic mass is 10.3. The molecule has 0 aliphatic carbocycles. The minimum Gasteiger partial charge on any atom is -0.497 e. The Morgan fingerprint density at radius 3 is 2.76 bits per heavy atom. The molecule has 0 fully saturated rings. The highest BCUT2D eigenvalue weighted by atomic mass is 16.5. The van der Waals surface area contributed by atoms with Crippen molar-refractivity contribution in [1.82, 2.24) is 9.97 Å². The molecule has 2 rings (SSSR count). The SMILES string of the molecule is C=CCNc1cc(C(=O)Nc2ccc(OC)cc2)ncn1. The molecule has 2 N–H and O–H groups in total. The van der Waals surface area contributed by atoms with Gasteiger partial charge in [-0.15, -0.1) is 6.58 Å². The number of nitrogens with zero attached hydrogens (tertiary/aromatic N) is 2. The van der Waals surface area contributed by atoms with Crippen molar-refractivity contribution in [2.75, 3.05) is 24.3 Å². The first-order valence-electron chi connectivity index (χ1n) is 6.35. The van der Waals surface area contributed by atoms with Gasteiger partial charge in [-0.2, -0.15) is 0 Å². The maximum Gasteiger partial charge on any atom is 0.274 e. The Morgan fingerprint density at radius 1 is 1.33 bits per heavy atom. The van der Waals surface area contributed by atoms with E-state index in [1.807, 2.05) is 0 Å². The van der Waals surface area contributed by atoms with Gasteiger partial charge in [0.15, 0.2) is 0 Å². The van der Waals surface area contributed by atoms with Crippen LogP contribution in [0, 0.1) is 0 Å². The van der Waals surface area contributed by atoms with Crippen molar-refractivity contribution >= 4 is 17.4 Å². The molecule has 0 radical (unpaired) electrons. The lowest BCUT2D eigenvalue weighted by Crippen LogP contribution is -2.14. The molecule has 0 atom stereocenters. The van der Waals surface area contributed by atoms with E-state index in [4.69, 9.17) is 4.74 Å². The molecule has 6 heteroatoms. The molecular weight excluding hydrogens is 268 g/mol. The molecule has 0 saturated carbocycles. The number of carbonyl (C=O) groups excluding carboxylic acids is 1. The number of ether oxygens (including phenoxy) is 1. The van der Waals surface area contributed by atoms with Gasteiger partial charge in [-0.3, -0.25) is 4.79 Å². The van der Waals surface area contributed by atoms with Crippen LogP contribution in [0.5, 0.6) is 5.75 Å². The van der Waals surface area contributed by atoms with Gasteiger partial charge in [0, 0.05) is 18.3 Å². The summed E-state index contributed by atoms with van der Waals surface area (Å²) in [6.07, 6.45) is 3.05. The van der Waals surface area contributed by atoms with Crippen molar-refractivity contribution in [1.29, 1.82) is 0 Å². The Labute approximate surface area is 122 Å². The van der Waals surface area contributed by atoms with Gasteiger partial charge in [0.05, 0.1) is 7.11 Å². The molecule has 0 aliphatic rings. The minimum absolute atomic E-state index is 0.285. The van der Waals surface area contributed by atoms with Crippen LogP contribution >= 0.6 is 0 Å². The van der Waals surface area contributed by atoms with Crippen LogP contribution in [0.25, 0.3) is 0 Å². The van der Waals surface area contributed by atoms with Gasteiger partial charge in [0.1, 0.15) is 23.6 Å². The van der Waals surface area contributed by atoms with Crippen LogP contribution in [-0.4, -0.2) is 29.5 Å². The third-order valence-electron chi connectivity index (χ3n) is 2.68. The molecule has 0 unspecified atom stereocenters. The van der Waals surface area contributed by atoms with Crippen molar-refractivity contribution in [2.45, 2.75) is 0 Å². The van der Waals surface area contributed by atoms with Crippen LogP contribution in [0.1, 0.15) is 10.5 Å². The largest absolute Gasteiger partial charge is 0.497 e. The van der Waals surface area contributed by atoms with E-state index in [2.05, 4.69) is 27.2 Å². The summed E-state index contributed by atoms with van der Waals surface area (Å²) < 4.78 is 5.06. The number of aromatic nitrogens is 2. The normalized spacial score (nSPS) is 9.76. The van der Waals surface area contributed by atoms with Gasteiger partial charge in [-0.05, 0) is 24.3 Å². The quantitative estimate of drug-likeness (QED) is 0.796. The summed E-state index contributed by atoms with van der Waals surface area (Å²) in [6, 6.07) is 8.64. The first-order chi connectivity index (χ1) is 10.2. The van der Waals surface area contributed by atoms with E-state index in [0.29, 0.717) is 18.1 Å². The third kappa shape index (κ3) is 4.04. The second kappa shape index (κ2) is 7.04. The molecule has 0 aliphatic heterocycles.